The van der Waals surface area contributed by atoms with Crippen molar-refractivity contribution in [3.8, 4) is 17.2 Å². The molecule has 9 heteroatoms. The van der Waals surface area contributed by atoms with Crippen molar-refractivity contribution in [2.75, 3.05) is 26.2 Å². The lowest BCUT2D eigenvalue weighted by atomic mass is 9.51. The Morgan fingerprint density at radius 3 is 2.41 bits per heavy atom. The van der Waals surface area contributed by atoms with E-state index in [4.69, 9.17) is 18.9 Å². The molecule has 0 amide bonds. The highest BCUT2D eigenvalue weighted by Gasteiger charge is 2.81. The molecule has 1 N–H and O–H groups in total. The molecule has 1 aromatic carbocycles. The van der Waals surface area contributed by atoms with Crippen molar-refractivity contribution in [3.05, 3.63) is 69.4 Å². The molecule has 290 valence electrons. The maximum atomic E-state index is 15.0. The average molecular weight is 740 g/mol. The van der Waals surface area contributed by atoms with Crippen LogP contribution >= 0.6 is 0 Å². The van der Waals surface area contributed by atoms with Crippen molar-refractivity contribution in [3.63, 3.8) is 0 Å². The number of esters is 1. The molecule has 1 aromatic rings. The van der Waals surface area contributed by atoms with Crippen LogP contribution in [-0.2, 0) is 25.5 Å². The quantitative estimate of drug-likeness (QED) is 0.136. The summed E-state index contributed by atoms with van der Waals surface area (Å²) in [5.74, 6) is -1.39. The fraction of sp³-hybridized carbons (Fsp3) is 0.578. The van der Waals surface area contributed by atoms with Crippen LogP contribution in [0.5, 0.6) is 17.2 Å². The lowest BCUT2D eigenvalue weighted by Crippen LogP contribution is -2.72. The van der Waals surface area contributed by atoms with Crippen LogP contribution in [0.3, 0.4) is 0 Å². The summed E-state index contributed by atoms with van der Waals surface area (Å²) in [6.45, 7) is 18.8. The Balaban J connectivity index is 1.30. The Morgan fingerprint density at radius 1 is 0.981 bits per heavy atom. The highest BCUT2D eigenvalue weighted by molar-refractivity contribution is 6.19. The van der Waals surface area contributed by atoms with Gasteiger partial charge in [0.05, 0.1) is 11.2 Å². The number of piperidine rings is 1. The van der Waals surface area contributed by atoms with E-state index >= 15 is 0 Å². The van der Waals surface area contributed by atoms with E-state index in [-0.39, 0.29) is 41.0 Å². The number of carbonyl (C=O) groups is 3. The van der Waals surface area contributed by atoms with Crippen LogP contribution in [-0.4, -0.2) is 76.2 Å². The number of fused-ring (bicyclic) bond motifs is 2. The largest absolute Gasteiger partial charge is 0.506 e. The van der Waals surface area contributed by atoms with E-state index < -0.39 is 34.3 Å². The van der Waals surface area contributed by atoms with E-state index in [1.54, 1.807) is 19.1 Å². The van der Waals surface area contributed by atoms with E-state index in [1.807, 2.05) is 46.8 Å². The smallest absolute Gasteiger partial charge is 0.333 e. The lowest BCUT2D eigenvalue weighted by molar-refractivity contribution is -0.171. The molecule has 0 radical (unpaired) electrons. The first kappa shape index (κ1) is 38.3. The van der Waals surface area contributed by atoms with E-state index in [9.17, 15) is 19.5 Å². The zero-order valence-electron chi connectivity index (χ0n) is 33.4. The molecule has 54 heavy (non-hydrogen) atoms. The van der Waals surface area contributed by atoms with Gasteiger partial charge >= 0.3 is 5.97 Å². The van der Waals surface area contributed by atoms with Gasteiger partial charge in [-0.15, -0.1) is 0 Å². The van der Waals surface area contributed by atoms with Crippen LogP contribution in [0, 0.1) is 11.8 Å². The van der Waals surface area contributed by atoms with Gasteiger partial charge in [-0.2, -0.15) is 0 Å². The minimum absolute atomic E-state index is 0.0250. The van der Waals surface area contributed by atoms with Crippen LogP contribution in [0.15, 0.2) is 52.7 Å². The minimum Gasteiger partial charge on any atom is -0.506 e. The molecule has 3 fully saturated rings. The van der Waals surface area contributed by atoms with Crippen molar-refractivity contribution >= 4 is 23.6 Å². The number of likely N-dealkylation sites (tertiary alicyclic amines) is 1. The number of aromatic hydroxyl groups is 1. The van der Waals surface area contributed by atoms with E-state index in [0.717, 1.165) is 37.9 Å². The van der Waals surface area contributed by atoms with E-state index in [2.05, 4.69) is 30.9 Å². The van der Waals surface area contributed by atoms with Gasteiger partial charge in [0.25, 0.3) is 0 Å². The molecule has 0 aromatic heterocycles. The van der Waals surface area contributed by atoms with Crippen molar-refractivity contribution in [1.29, 1.82) is 0 Å². The molecule has 7 aliphatic rings. The Labute approximate surface area is 320 Å². The minimum atomic E-state index is -1.59. The molecule has 5 atom stereocenters. The van der Waals surface area contributed by atoms with Crippen LogP contribution in [0.2, 0.25) is 0 Å². The number of allylic oxidation sites excluding steroid dienone is 5. The third-order valence-corrected chi connectivity index (χ3v) is 12.6. The molecular formula is C45H57NO8. The summed E-state index contributed by atoms with van der Waals surface area (Å²) in [5.41, 5.74) is -0.407. The second-order valence-corrected chi connectivity index (χ2v) is 17.5. The van der Waals surface area contributed by atoms with Crippen LogP contribution in [0.1, 0.15) is 122 Å². The van der Waals surface area contributed by atoms with E-state index in [1.165, 1.54) is 12.0 Å². The fourth-order valence-electron chi connectivity index (χ4n) is 9.73. The standard InChI is InChI=1S/C45H57NO8/c1-27(2)13-12-18-43(8)19-17-31-36(47)35-37(48)33-25-30-26-34-42(6,7)54-44(40(30)49,20-16-29(5)41(50)51-24-23-46-21-10-9-11-22-46)45(33,34)53-39(35)32(38(31)52-43)15-14-28(3)4/h13-14,16-17,19,25,30,34,47H,9-12,15,18,20-24,26H2,1-8H3/b29-16-. The number of carbonyl (C=O) groups excluding carboxylic acids is 3. The summed E-state index contributed by atoms with van der Waals surface area (Å²) in [6.07, 6.45) is 17.5. The van der Waals surface area contributed by atoms with Crippen LogP contribution in [0.4, 0.5) is 0 Å². The third kappa shape index (κ3) is 6.19. The average Bonchev–Trinajstić information content (AvgIpc) is 3.27. The van der Waals surface area contributed by atoms with E-state index in [0.29, 0.717) is 60.4 Å². The van der Waals surface area contributed by atoms with Gasteiger partial charge in [-0.3, -0.25) is 14.5 Å². The normalized spacial score (nSPS) is 30.4. The topological polar surface area (TPSA) is 112 Å². The zero-order chi connectivity index (χ0) is 38.8. The predicted molar refractivity (Wildman–Crippen MR) is 208 cm³/mol. The molecule has 4 aliphatic heterocycles. The number of hydrogen-bond acceptors (Lipinski definition) is 9. The van der Waals surface area contributed by atoms with Gasteiger partial charge < -0.3 is 24.1 Å². The number of nitrogens with zero attached hydrogens (tertiary/aromatic N) is 1. The van der Waals surface area contributed by atoms with Crippen molar-refractivity contribution in [1.82, 2.24) is 4.90 Å². The second-order valence-electron chi connectivity index (χ2n) is 17.5. The number of ketones is 2. The molecule has 2 saturated heterocycles. The summed E-state index contributed by atoms with van der Waals surface area (Å²) in [5, 5.41) is 11.9. The Hall–Kier alpha value is -3.95. The second kappa shape index (κ2) is 14.0. The molecule has 8 rings (SSSR count). The number of rotatable bonds is 11. The first-order valence-electron chi connectivity index (χ1n) is 19.9. The van der Waals surface area contributed by atoms with Gasteiger partial charge in [-0.1, -0.05) is 41.9 Å². The predicted octanol–water partition coefficient (Wildman–Crippen LogP) is 8.18. The number of phenolic OH excluding ortho intramolecular Hbond substituents is 1. The number of hydrogen-bond donors (Lipinski definition) is 1. The summed E-state index contributed by atoms with van der Waals surface area (Å²) in [7, 11) is 0. The van der Waals surface area contributed by atoms with Crippen LogP contribution < -0.4 is 9.47 Å². The monoisotopic (exact) mass is 739 g/mol. The first-order valence-corrected chi connectivity index (χ1v) is 19.9. The summed E-state index contributed by atoms with van der Waals surface area (Å²) in [6, 6.07) is 0. The van der Waals surface area contributed by atoms with Gasteiger partial charge in [0, 0.05) is 41.5 Å². The SMILES string of the molecule is CC(C)=CCCC1(C)C=Cc2c(O)c3c(c(CC=C(C)C)c2O1)OC12C(=CC4CC1C(C)(C)OC2(C/C=C(/C)C(=O)OCCN1CCCCC1)C4=O)C3=O. The van der Waals surface area contributed by atoms with Gasteiger partial charge in [0.2, 0.25) is 0 Å². The molecule has 4 heterocycles. The maximum absolute atomic E-state index is 15.0. The summed E-state index contributed by atoms with van der Waals surface area (Å²) >= 11 is 0. The molecule has 3 aliphatic carbocycles. The molecule has 4 bridgehead atoms. The highest BCUT2D eigenvalue weighted by atomic mass is 16.6. The van der Waals surface area contributed by atoms with Gasteiger partial charge in [-0.25, -0.2) is 4.79 Å². The lowest BCUT2D eigenvalue weighted by Gasteiger charge is -2.56. The summed E-state index contributed by atoms with van der Waals surface area (Å²) < 4.78 is 26.7. The fourth-order valence-corrected chi connectivity index (χ4v) is 9.73. The third-order valence-electron chi connectivity index (χ3n) is 12.6. The summed E-state index contributed by atoms with van der Waals surface area (Å²) in [4.78, 5) is 45.2. The van der Waals surface area contributed by atoms with Gasteiger partial charge in [-0.05, 0) is 119 Å². The molecule has 9 nitrogen and oxygen atoms in total. The Kier molecular flexibility index (Phi) is 9.91. The number of Topliss-reactive ketones (excluding diaryl/α,β-unsaturated/α-hetero) is 2. The molecule has 5 unspecified atom stereocenters. The van der Waals surface area contributed by atoms with Crippen molar-refractivity contribution in [2.24, 2.45) is 11.8 Å². The zero-order valence-corrected chi connectivity index (χ0v) is 33.4. The maximum Gasteiger partial charge on any atom is 0.333 e. The molecular weight excluding hydrogens is 682 g/mol. The highest BCUT2D eigenvalue weighted by Crippen LogP contribution is 2.68. The Bertz CT molecular complexity index is 1920. The van der Waals surface area contributed by atoms with Gasteiger partial charge in [0.15, 0.2) is 22.8 Å². The number of phenols is 1. The number of benzene rings is 1. The molecule has 1 spiro atoms. The Morgan fingerprint density at radius 2 is 1.70 bits per heavy atom. The van der Waals surface area contributed by atoms with Crippen molar-refractivity contribution < 1.29 is 38.4 Å². The van der Waals surface area contributed by atoms with Gasteiger partial charge in [0.1, 0.15) is 35.0 Å². The van der Waals surface area contributed by atoms with Crippen LogP contribution in [0.25, 0.3) is 6.08 Å². The molecule has 1 saturated carbocycles. The number of ether oxygens (including phenoxy) is 4. The first-order chi connectivity index (χ1) is 25.5. The van der Waals surface area contributed by atoms with Crippen molar-refractivity contribution in [2.45, 2.75) is 129 Å².